The number of rotatable bonds is 7. The van der Waals surface area contributed by atoms with E-state index >= 15 is 0 Å². The van der Waals surface area contributed by atoms with Gasteiger partial charge in [-0.2, -0.15) is 0 Å². The number of hydrogen-bond acceptors (Lipinski definition) is 6. The second kappa shape index (κ2) is 8.67. The van der Waals surface area contributed by atoms with Gasteiger partial charge in [0.25, 0.3) is 0 Å². The van der Waals surface area contributed by atoms with E-state index in [2.05, 4.69) is 24.0 Å². The van der Waals surface area contributed by atoms with Crippen LogP contribution < -0.4 is 0 Å². The van der Waals surface area contributed by atoms with Crippen LogP contribution in [0, 0.1) is 0 Å². The third kappa shape index (κ3) is 5.50. The molecule has 1 aromatic heterocycles. The molecule has 2 aromatic carbocycles. The second-order valence-corrected chi connectivity index (χ2v) is 9.54. The molecule has 0 radical (unpaired) electrons. The summed E-state index contributed by atoms with van der Waals surface area (Å²) in [5, 5.41) is 2.77. The zero-order valence-electron chi connectivity index (χ0n) is 15.7. The van der Waals surface area contributed by atoms with Gasteiger partial charge < -0.3 is 4.74 Å². The first-order chi connectivity index (χ1) is 13.3. The van der Waals surface area contributed by atoms with Gasteiger partial charge in [0, 0.05) is 17.2 Å². The molecule has 0 N–H and O–H groups in total. The average Bonchev–Trinajstić information content (AvgIpc) is 3.14. The van der Waals surface area contributed by atoms with Crippen LogP contribution in [0.2, 0.25) is 0 Å². The smallest absolute Gasteiger partial charge is 0.338 e. The Kier molecular flexibility index (Phi) is 6.26. The van der Waals surface area contributed by atoms with E-state index in [0.29, 0.717) is 16.8 Å². The molecule has 0 fully saturated rings. The summed E-state index contributed by atoms with van der Waals surface area (Å²) in [6, 6.07) is 14.7. The minimum absolute atomic E-state index is 0.0524. The van der Waals surface area contributed by atoms with Crippen LogP contribution in [0.3, 0.4) is 0 Å². The number of thiazole rings is 1. The highest BCUT2D eigenvalue weighted by atomic mass is 32.2. The zero-order valence-corrected chi connectivity index (χ0v) is 17.3. The van der Waals surface area contributed by atoms with Crippen molar-refractivity contribution in [1.82, 2.24) is 4.98 Å². The Morgan fingerprint density at radius 1 is 1.04 bits per heavy atom. The van der Waals surface area contributed by atoms with Gasteiger partial charge in [-0.05, 0) is 29.7 Å². The molecule has 1 heterocycles. The van der Waals surface area contributed by atoms with Crippen molar-refractivity contribution in [2.75, 3.05) is 6.26 Å². The van der Waals surface area contributed by atoms with Gasteiger partial charge >= 0.3 is 5.97 Å². The third-order valence-corrected chi connectivity index (χ3v) is 5.93. The molecular formula is C21H21NO4S2. The highest BCUT2D eigenvalue weighted by Gasteiger charge is 2.11. The molecule has 146 valence electrons. The number of nitrogens with zero attached hydrogens (tertiary/aromatic N) is 1. The highest BCUT2D eigenvalue weighted by Crippen LogP contribution is 2.24. The number of esters is 1. The van der Waals surface area contributed by atoms with Crippen LogP contribution in [-0.4, -0.2) is 25.6 Å². The normalized spacial score (nSPS) is 11.4. The van der Waals surface area contributed by atoms with Gasteiger partial charge in [0.2, 0.25) is 0 Å². The summed E-state index contributed by atoms with van der Waals surface area (Å²) in [5.41, 5.74) is 4.03. The van der Waals surface area contributed by atoms with E-state index in [1.807, 2.05) is 17.5 Å². The van der Waals surface area contributed by atoms with Gasteiger partial charge in [0.15, 0.2) is 9.84 Å². The van der Waals surface area contributed by atoms with Gasteiger partial charge in [-0.25, -0.2) is 18.2 Å². The summed E-state index contributed by atoms with van der Waals surface area (Å²) in [6.07, 6.45) is 2.17. The molecule has 3 rings (SSSR count). The van der Waals surface area contributed by atoms with Crippen molar-refractivity contribution in [3.05, 3.63) is 76.3 Å². The maximum Gasteiger partial charge on any atom is 0.338 e. The van der Waals surface area contributed by atoms with Crippen LogP contribution in [-0.2, 0) is 33.4 Å². The number of carbonyl (C=O) groups is 1. The Hall–Kier alpha value is -2.51. The van der Waals surface area contributed by atoms with Gasteiger partial charge in [-0.3, -0.25) is 0 Å². The van der Waals surface area contributed by atoms with E-state index in [9.17, 15) is 13.2 Å². The molecule has 0 saturated carbocycles. The lowest BCUT2D eigenvalue weighted by atomic mass is 10.1. The standard InChI is InChI=1S/C21H21NO4S2/c1-3-15-4-8-17(9-5-15)20-22-19(13-27-20)12-26-21(23)18-10-6-16(7-11-18)14-28(2,24)25/h4-11,13H,3,12,14H2,1-2H3. The predicted octanol–water partition coefficient (Wildman–Crippen LogP) is 4.27. The maximum absolute atomic E-state index is 12.2. The Morgan fingerprint density at radius 2 is 1.68 bits per heavy atom. The first kappa shape index (κ1) is 20.2. The van der Waals surface area contributed by atoms with Crippen LogP contribution in [0.4, 0.5) is 0 Å². The highest BCUT2D eigenvalue weighted by molar-refractivity contribution is 7.89. The first-order valence-electron chi connectivity index (χ1n) is 8.81. The maximum atomic E-state index is 12.2. The van der Waals surface area contributed by atoms with Crippen molar-refractivity contribution >= 4 is 27.1 Å². The third-order valence-electron chi connectivity index (χ3n) is 4.13. The quantitative estimate of drug-likeness (QED) is 0.539. The van der Waals surface area contributed by atoms with Crippen molar-refractivity contribution in [2.45, 2.75) is 25.7 Å². The second-order valence-electron chi connectivity index (χ2n) is 6.54. The molecule has 0 aliphatic carbocycles. The average molecular weight is 416 g/mol. The topological polar surface area (TPSA) is 73.3 Å². The number of ether oxygens (including phenoxy) is 1. The SMILES string of the molecule is CCc1ccc(-c2nc(COC(=O)c3ccc(CS(C)(=O)=O)cc3)cs2)cc1. The molecule has 5 nitrogen and oxygen atoms in total. The fraction of sp³-hybridized carbons (Fsp3) is 0.238. The van der Waals surface area contributed by atoms with E-state index in [1.54, 1.807) is 24.3 Å². The lowest BCUT2D eigenvalue weighted by Crippen LogP contribution is -2.06. The Bertz CT molecular complexity index is 1050. The number of sulfone groups is 1. The van der Waals surface area contributed by atoms with E-state index in [1.165, 1.54) is 23.2 Å². The number of aryl methyl sites for hydroxylation is 1. The molecule has 7 heteroatoms. The predicted molar refractivity (Wildman–Crippen MR) is 111 cm³/mol. The van der Waals surface area contributed by atoms with Crippen molar-refractivity contribution in [3.63, 3.8) is 0 Å². The largest absolute Gasteiger partial charge is 0.456 e. The fourth-order valence-electron chi connectivity index (χ4n) is 2.65. The summed E-state index contributed by atoms with van der Waals surface area (Å²) in [5.74, 6) is -0.517. The molecule has 0 spiro atoms. The molecule has 0 aliphatic heterocycles. The molecule has 0 unspecified atom stereocenters. The Balaban J connectivity index is 1.59. The lowest BCUT2D eigenvalue weighted by molar-refractivity contribution is 0.0468. The molecule has 0 atom stereocenters. The minimum Gasteiger partial charge on any atom is -0.456 e. The molecule has 0 aliphatic rings. The van der Waals surface area contributed by atoms with E-state index < -0.39 is 15.8 Å². The van der Waals surface area contributed by atoms with E-state index in [4.69, 9.17) is 4.74 Å². The lowest BCUT2D eigenvalue weighted by Gasteiger charge is -2.04. The molecule has 0 bridgehead atoms. The molecule has 3 aromatic rings. The van der Waals surface area contributed by atoms with Gasteiger partial charge in [0.05, 0.1) is 17.0 Å². The number of hydrogen-bond donors (Lipinski definition) is 0. The summed E-state index contributed by atoms with van der Waals surface area (Å²) >= 11 is 1.51. The van der Waals surface area contributed by atoms with Gasteiger partial charge in [0.1, 0.15) is 11.6 Å². The fourth-order valence-corrected chi connectivity index (χ4v) is 4.26. The van der Waals surface area contributed by atoms with E-state index in [-0.39, 0.29) is 12.4 Å². The van der Waals surface area contributed by atoms with Crippen molar-refractivity contribution in [3.8, 4) is 10.6 Å². The first-order valence-corrected chi connectivity index (χ1v) is 11.8. The van der Waals surface area contributed by atoms with Crippen LogP contribution >= 0.6 is 11.3 Å². The Morgan fingerprint density at radius 3 is 2.29 bits per heavy atom. The van der Waals surface area contributed by atoms with Crippen LogP contribution in [0.25, 0.3) is 10.6 Å². The van der Waals surface area contributed by atoms with Crippen molar-refractivity contribution in [1.29, 1.82) is 0 Å². The van der Waals surface area contributed by atoms with Crippen LogP contribution in [0.15, 0.2) is 53.9 Å². The summed E-state index contributed by atoms with van der Waals surface area (Å²) < 4.78 is 28.0. The van der Waals surface area contributed by atoms with Crippen LogP contribution in [0.5, 0.6) is 0 Å². The molecule has 0 saturated heterocycles. The molecular weight excluding hydrogens is 394 g/mol. The van der Waals surface area contributed by atoms with Gasteiger partial charge in [-0.1, -0.05) is 43.3 Å². The summed E-state index contributed by atoms with van der Waals surface area (Å²) in [6.45, 7) is 2.21. The Labute approximate surface area is 168 Å². The van der Waals surface area contributed by atoms with Crippen LogP contribution in [0.1, 0.15) is 34.1 Å². The summed E-state index contributed by atoms with van der Waals surface area (Å²) in [7, 11) is -3.10. The monoisotopic (exact) mass is 415 g/mol. The number of aromatic nitrogens is 1. The zero-order chi connectivity index (χ0) is 20.1. The summed E-state index contributed by atoms with van der Waals surface area (Å²) in [4.78, 5) is 16.7. The van der Waals surface area contributed by atoms with Crippen molar-refractivity contribution in [2.24, 2.45) is 0 Å². The minimum atomic E-state index is -3.10. The van der Waals surface area contributed by atoms with Gasteiger partial charge in [-0.15, -0.1) is 11.3 Å². The van der Waals surface area contributed by atoms with E-state index in [0.717, 1.165) is 17.0 Å². The molecule has 0 amide bonds. The van der Waals surface area contributed by atoms with Crippen molar-refractivity contribution < 1.29 is 17.9 Å². The number of benzene rings is 2. The number of carbonyl (C=O) groups excluding carboxylic acids is 1. The molecule has 28 heavy (non-hydrogen) atoms.